The van der Waals surface area contributed by atoms with Crippen LogP contribution in [0.4, 0.5) is 5.82 Å². The molecule has 0 aliphatic heterocycles. The van der Waals surface area contributed by atoms with Gasteiger partial charge in [-0.1, -0.05) is 0 Å². The molecule has 0 aliphatic rings. The van der Waals surface area contributed by atoms with Crippen molar-refractivity contribution in [3.05, 3.63) is 67.1 Å². The normalized spacial score (nSPS) is 11.5. The Labute approximate surface area is 197 Å². The Morgan fingerprint density at radius 2 is 2.00 bits per heavy atom. The molecule has 1 amide bonds. The summed E-state index contributed by atoms with van der Waals surface area (Å²) in [7, 11) is 0. The van der Waals surface area contributed by atoms with Gasteiger partial charge >= 0.3 is 0 Å². The van der Waals surface area contributed by atoms with Crippen LogP contribution in [0.3, 0.4) is 0 Å². The molecule has 0 atom stereocenters. The van der Waals surface area contributed by atoms with Gasteiger partial charge in [0.25, 0.3) is 5.91 Å². The maximum Gasteiger partial charge on any atom is 0.281 e. The van der Waals surface area contributed by atoms with Crippen molar-refractivity contribution in [2.24, 2.45) is 5.10 Å². The molecule has 3 N–H and O–H groups in total. The van der Waals surface area contributed by atoms with Crippen LogP contribution in [0.2, 0.25) is 0 Å². The van der Waals surface area contributed by atoms with Crippen molar-refractivity contribution in [1.29, 1.82) is 0 Å². The van der Waals surface area contributed by atoms with E-state index >= 15 is 0 Å². The lowest BCUT2D eigenvalue weighted by atomic mass is 10.2. The van der Waals surface area contributed by atoms with E-state index in [0.717, 1.165) is 33.6 Å². The standard InChI is InChI=1S/C22H21IN6OS/c1-11-7-16(5-6-17(11)23)29-12(2)8-15(14(29)4)9-27-28-21(30)19-13(3)18-20(24)25-10-26-22(18)31-19/h5-10H,1-4H3,(H,28,30)(H2,24,25,26)/b27-9-. The predicted octanol–water partition coefficient (Wildman–Crippen LogP) is 4.67. The molecule has 3 aromatic heterocycles. The van der Waals surface area contributed by atoms with Gasteiger partial charge in [0.2, 0.25) is 0 Å². The average Bonchev–Trinajstić information content (AvgIpc) is 3.21. The number of aromatic nitrogens is 3. The second kappa shape index (κ2) is 8.39. The summed E-state index contributed by atoms with van der Waals surface area (Å²) in [5.74, 6) is 0.0813. The topological polar surface area (TPSA) is 98.2 Å². The van der Waals surface area contributed by atoms with Gasteiger partial charge in [0, 0.05) is 26.2 Å². The summed E-state index contributed by atoms with van der Waals surface area (Å²) in [6.07, 6.45) is 3.07. The van der Waals surface area contributed by atoms with Crippen LogP contribution in [-0.2, 0) is 0 Å². The minimum absolute atomic E-state index is 0.293. The van der Waals surface area contributed by atoms with Crippen molar-refractivity contribution >= 4 is 62.1 Å². The Hall–Kier alpha value is -2.79. The van der Waals surface area contributed by atoms with E-state index in [9.17, 15) is 4.79 Å². The van der Waals surface area contributed by atoms with E-state index in [1.165, 1.54) is 26.8 Å². The number of hydrogen-bond acceptors (Lipinski definition) is 6. The number of aryl methyl sites for hydroxylation is 3. The van der Waals surface area contributed by atoms with E-state index in [0.29, 0.717) is 15.5 Å². The molecule has 0 aliphatic carbocycles. The van der Waals surface area contributed by atoms with Crippen LogP contribution in [0, 0.1) is 31.3 Å². The van der Waals surface area contributed by atoms with Crippen LogP contribution in [0.25, 0.3) is 15.9 Å². The fourth-order valence-electron chi connectivity index (χ4n) is 3.61. The lowest BCUT2D eigenvalue weighted by Crippen LogP contribution is -2.17. The first-order valence-electron chi connectivity index (χ1n) is 9.56. The SMILES string of the molecule is Cc1cc(-n2c(C)cc(/C=N\NC(=O)c3sc4ncnc(N)c4c3C)c2C)ccc1I. The lowest BCUT2D eigenvalue weighted by molar-refractivity contribution is 0.0958. The molecule has 0 saturated carbocycles. The largest absolute Gasteiger partial charge is 0.383 e. The Morgan fingerprint density at radius 1 is 1.23 bits per heavy atom. The van der Waals surface area contributed by atoms with Gasteiger partial charge in [0.05, 0.1) is 16.5 Å². The summed E-state index contributed by atoms with van der Waals surface area (Å²) in [5, 5.41) is 4.91. The number of amides is 1. The summed E-state index contributed by atoms with van der Waals surface area (Å²) in [6.45, 7) is 8.05. The molecule has 0 spiro atoms. The summed E-state index contributed by atoms with van der Waals surface area (Å²) >= 11 is 3.62. The number of hydrazone groups is 1. The number of halogens is 1. The zero-order chi connectivity index (χ0) is 22.3. The van der Waals surface area contributed by atoms with Gasteiger partial charge in [0.15, 0.2) is 0 Å². The monoisotopic (exact) mass is 544 g/mol. The van der Waals surface area contributed by atoms with Gasteiger partial charge in [-0.05, 0) is 85.7 Å². The molecule has 3 heterocycles. The summed E-state index contributed by atoms with van der Waals surface area (Å²) < 4.78 is 3.42. The highest BCUT2D eigenvalue weighted by Gasteiger charge is 2.18. The molecule has 0 fully saturated rings. The van der Waals surface area contributed by atoms with E-state index < -0.39 is 0 Å². The second-order valence-electron chi connectivity index (χ2n) is 7.29. The Morgan fingerprint density at radius 3 is 2.71 bits per heavy atom. The van der Waals surface area contributed by atoms with Crippen molar-refractivity contribution in [2.45, 2.75) is 27.7 Å². The molecule has 158 valence electrons. The molecule has 0 radical (unpaired) electrons. The Balaban J connectivity index is 1.57. The number of hydrogen-bond donors (Lipinski definition) is 2. The predicted molar refractivity (Wildman–Crippen MR) is 134 cm³/mol. The minimum Gasteiger partial charge on any atom is -0.383 e. The van der Waals surface area contributed by atoms with Crippen LogP contribution < -0.4 is 11.2 Å². The number of carbonyl (C=O) groups is 1. The minimum atomic E-state index is -0.293. The molecule has 4 rings (SSSR count). The molecule has 0 saturated heterocycles. The molecular weight excluding hydrogens is 523 g/mol. The molecule has 4 aromatic rings. The number of thiophene rings is 1. The smallest absolute Gasteiger partial charge is 0.281 e. The number of nitrogens with two attached hydrogens (primary N) is 1. The lowest BCUT2D eigenvalue weighted by Gasteiger charge is -2.11. The molecule has 9 heteroatoms. The van der Waals surface area contributed by atoms with Crippen LogP contribution in [-0.4, -0.2) is 26.7 Å². The van der Waals surface area contributed by atoms with Crippen molar-refractivity contribution in [3.8, 4) is 5.69 Å². The molecule has 7 nitrogen and oxygen atoms in total. The summed E-state index contributed by atoms with van der Waals surface area (Å²) in [4.78, 5) is 22.1. The van der Waals surface area contributed by atoms with Gasteiger partial charge in [0.1, 0.15) is 17.0 Å². The molecule has 0 unspecified atom stereocenters. The molecular formula is C22H21IN6OS. The molecule has 31 heavy (non-hydrogen) atoms. The highest BCUT2D eigenvalue weighted by atomic mass is 127. The van der Waals surface area contributed by atoms with E-state index in [2.05, 4.69) is 85.8 Å². The van der Waals surface area contributed by atoms with Crippen LogP contribution >= 0.6 is 33.9 Å². The average molecular weight is 544 g/mol. The zero-order valence-corrected chi connectivity index (χ0v) is 20.5. The first kappa shape index (κ1) is 21.4. The van der Waals surface area contributed by atoms with Gasteiger partial charge in [-0.15, -0.1) is 11.3 Å². The fraction of sp³-hybridized carbons (Fsp3) is 0.182. The van der Waals surface area contributed by atoms with Gasteiger partial charge in [-0.3, -0.25) is 4.79 Å². The quantitative estimate of drug-likeness (QED) is 0.222. The van der Waals surface area contributed by atoms with Crippen molar-refractivity contribution in [2.75, 3.05) is 5.73 Å². The van der Waals surface area contributed by atoms with Crippen LogP contribution in [0.15, 0.2) is 35.7 Å². The number of fused-ring (bicyclic) bond motifs is 1. The fourth-order valence-corrected chi connectivity index (χ4v) is 4.99. The highest BCUT2D eigenvalue weighted by Crippen LogP contribution is 2.31. The second-order valence-corrected chi connectivity index (χ2v) is 9.45. The van der Waals surface area contributed by atoms with E-state index in [1.807, 2.05) is 13.8 Å². The van der Waals surface area contributed by atoms with E-state index in [-0.39, 0.29) is 5.91 Å². The number of benzene rings is 1. The molecule has 0 bridgehead atoms. The zero-order valence-electron chi connectivity index (χ0n) is 17.5. The van der Waals surface area contributed by atoms with E-state index in [4.69, 9.17) is 5.73 Å². The number of nitrogens with zero attached hydrogens (tertiary/aromatic N) is 4. The summed E-state index contributed by atoms with van der Waals surface area (Å²) in [5.41, 5.74) is 14.8. The Bertz CT molecular complexity index is 1350. The number of carbonyl (C=O) groups excluding carboxylic acids is 1. The highest BCUT2D eigenvalue weighted by molar-refractivity contribution is 14.1. The van der Waals surface area contributed by atoms with Crippen molar-refractivity contribution < 1.29 is 4.79 Å². The summed E-state index contributed by atoms with van der Waals surface area (Å²) in [6, 6.07) is 8.45. The number of nitrogen functional groups attached to an aromatic ring is 1. The maximum atomic E-state index is 12.7. The van der Waals surface area contributed by atoms with Gasteiger partial charge < -0.3 is 10.3 Å². The van der Waals surface area contributed by atoms with Gasteiger partial charge in [-0.25, -0.2) is 15.4 Å². The van der Waals surface area contributed by atoms with Crippen molar-refractivity contribution in [1.82, 2.24) is 20.0 Å². The number of rotatable bonds is 4. The maximum absolute atomic E-state index is 12.7. The molecule has 1 aromatic carbocycles. The van der Waals surface area contributed by atoms with E-state index in [1.54, 1.807) is 6.21 Å². The first-order chi connectivity index (χ1) is 14.8. The third-order valence-electron chi connectivity index (χ3n) is 5.20. The first-order valence-corrected chi connectivity index (χ1v) is 11.5. The third kappa shape index (κ3) is 3.94. The third-order valence-corrected chi connectivity index (χ3v) is 7.61. The Kier molecular flexibility index (Phi) is 5.80. The van der Waals surface area contributed by atoms with Crippen LogP contribution in [0.1, 0.15) is 37.7 Å². The van der Waals surface area contributed by atoms with Gasteiger partial charge in [-0.2, -0.15) is 5.10 Å². The number of anilines is 1. The van der Waals surface area contributed by atoms with Crippen LogP contribution in [0.5, 0.6) is 0 Å². The number of nitrogens with one attached hydrogen (secondary N) is 1. The van der Waals surface area contributed by atoms with Crippen molar-refractivity contribution in [3.63, 3.8) is 0 Å².